The molecule has 0 aliphatic carbocycles. The van der Waals surface area contributed by atoms with Gasteiger partial charge in [-0.2, -0.15) is 0 Å². The van der Waals surface area contributed by atoms with E-state index in [4.69, 9.17) is 4.98 Å². The van der Waals surface area contributed by atoms with E-state index in [0.29, 0.717) is 0 Å². The predicted octanol–water partition coefficient (Wildman–Crippen LogP) is 4.10. The number of nitrogens with zero attached hydrogens (tertiary/aromatic N) is 2. The maximum Gasteiger partial charge on any atom is 0.0972 e. The Kier molecular flexibility index (Phi) is 3.95. The van der Waals surface area contributed by atoms with E-state index in [1.165, 1.54) is 22.0 Å². The summed E-state index contributed by atoms with van der Waals surface area (Å²) in [6.45, 7) is 6.62. The zero-order chi connectivity index (χ0) is 14.0. The molecular formula is C16H22N2S. The van der Waals surface area contributed by atoms with Gasteiger partial charge in [0.05, 0.1) is 10.7 Å². The minimum atomic E-state index is 0.142. The Labute approximate surface area is 120 Å². The summed E-state index contributed by atoms with van der Waals surface area (Å²) < 4.78 is 0. The van der Waals surface area contributed by atoms with Crippen molar-refractivity contribution in [1.82, 2.24) is 4.98 Å². The molecule has 0 unspecified atom stereocenters. The van der Waals surface area contributed by atoms with Crippen LogP contribution >= 0.6 is 11.3 Å². The van der Waals surface area contributed by atoms with E-state index in [1.54, 1.807) is 11.3 Å². The largest absolute Gasteiger partial charge is 0.378 e. The molecule has 0 saturated heterocycles. The van der Waals surface area contributed by atoms with Crippen LogP contribution in [0.2, 0.25) is 0 Å². The van der Waals surface area contributed by atoms with E-state index < -0.39 is 0 Å². The first kappa shape index (κ1) is 14.1. The molecule has 0 aliphatic rings. The molecule has 1 aromatic carbocycles. The van der Waals surface area contributed by atoms with Crippen LogP contribution in [0, 0.1) is 0 Å². The molecule has 2 rings (SSSR count). The summed E-state index contributed by atoms with van der Waals surface area (Å²) in [4.78, 5) is 6.86. The van der Waals surface area contributed by atoms with E-state index >= 15 is 0 Å². The predicted molar refractivity (Wildman–Crippen MR) is 84.4 cm³/mol. The highest BCUT2D eigenvalue weighted by molar-refractivity contribution is 7.09. The SMILES string of the molecule is CN(C)c1ccc(Cc2nc(C(C)(C)C)cs2)cc1. The van der Waals surface area contributed by atoms with Crippen molar-refractivity contribution in [1.29, 1.82) is 0 Å². The summed E-state index contributed by atoms with van der Waals surface area (Å²) in [5, 5.41) is 3.38. The van der Waals surface area contributed by atoms with E-state index in [2.05, 4.69) is 69.4 Å². The Bertz CT molecular complexity index is 533. The van der Waals surface area contributed by atoms with Gasteiger partial charge in [-0.1, -0.05) is 32.9 Å². The molecular weight excluding hydrogens is 252 g/mol. The molecule has 0 N–H and O–H groups in total. The number of hydrogen-bond acceptors (Lipinski definition) is 3. The molecule has 0 saturated carbocycles. The number of aromatic nitrogens is 1. The third-order valence-electron chi connectivity index (χ3n) is 3.13. The zero-order valence-corrected chi connectivity index (χ0v) is 13.2. The van der Waals surface area contributed by atoms with Gasteiger partial charge in [-0.3, -0.25) is 0 Å². The quantitative estimate of drug-likeness (QED) is 0.838. The smallest absolute Gasteiger partial charge is 0.0972 e. The lowest BCUT2D eigenvalue weighted by Gasteiger charge is -2.14. The van der Waals surface area contributed by atoms with Crippen LogP contribution in [-0.4, -0.2) is 19.1 Å². The average molecular weight is 274 g/mol. The van der Waals surface area contributed by atoms with Crippen molar-refractivity contribution in [3.63, 3.8) is 0 Å². The normalized spacial score (nSPS) is 11.6. The van der Waals surface area contributed by atoms with Crippen molar-refractivity contribution < 1.29 is 0 Å². The van der Waals surface area contributed by atoms with Gasteiger partial charge < -0.3 is 4.90 Å². The first-order chi connectivity index (χ1) is 8.86. The second kappa shape index (κ2) is 5.33. The third kappa shape index (κ3) is 3.57. The number of anilines is 1. The Morgan fingerprint density at radius 2 is 1.74 bits per heavy atom. The van der Waals surface area contributed by atoms with E-state index in [-0.39, 0.29) is 5.41 Å². The van der Waals surface area contributed by atoms with Gasteiger partial charge in [0.1, 0.15) is 0 Å². The van der Waals surface area contributed by atoms with Crippen LogP contribution < -0.4 is 4.90 Å². The van der Waals surface area contributed by atoms with Crippen molar-refractivity contribution in [2.75, 3.05) is 19.0 Å². The van der Waals surface area contributed by atoms with Crippen LogP contribution in [-0.2, 0) is 11.8 Å². The fourth-order valence-corrected chi connectivity index (χ4v) is 2.88. The molecule has 102 valence electrons. The van der Waals surface area contributed by atoms with Crippen LogP contribution in [0.1, 0.15) is 37.0 Å². The zero-order valence-electron chi connectivity index (χ0n) is 12.4. The van der Waals surface area contributed by atoms with Gasteiger partial charge in [0.15, 0.2) is 0 Å². The van der Waals surface area contributed by atoms with E-state index in [9.17, 15) is 0 Å². The fraction of sp³-hybridized carbons (Fsp3) is 0.438. The van der Waals surface area contributed by atoms with Gasteiger partial charge in [0.25, 0.3) is 0 Å². The maximum atomic E-state index is 4.74. The summed E-state index contributed by atoms with van der Waals surface area (Å²) in [6.07, 6.45) is 0.925. The van der Waals surface area contributed by atoms with Crippen molar-refractivity contribution in [3.05, 3.63) is 45.9 Å². The van der Waals surface area contributed by atoms with Gasteiger partial charge in [-0.25, -0.2) is 4.98 Å². The molecule has 19 heavy (non-hydrogen) atoms. The first-order valence-corrected chi connectivity index (χ1v) is 7.45. The molecule has 0 fully saturated rings. The van der Waals surface area contributed by atoms with Gasteiger partial charge in [0.2, 0.25) is 0 Å². The molecule has 1 aromatic heterocycles. The standard InChI is InChI=1S/C16H22N2S/c1-16(2,3)14-11-19-15(17-14)10-12-6-8-13(9-7-12)18(4)5/h6-9,11H,10H2,1-5H3. The Morgan fingerprint density at radius 3 is 2.21 bits per heavy atom. The van der Waals surface area contributed by atoms with Crippen LogP contribution in [0.15, 0.2) is 29.6 Å². The Hall–Kier alpha value is -1.35. The Morgan fingerprint density at radius 1 is 1.11 bits per heavy atom. The third-order valence-corrected chi connectivity index (χ3v) is 3.98. The fourth-order valence-electron chi connectivity index (χ4n) is 1.82. The molecule has 2 aromatic rings. The number of rotatable bonds is 3. The second-order valence-electron chi connectivity index (χ2n) is 6.11. The first-order valence-electron chi connectivity index (χ1n) is 6.57. The highest BCUT2D eigenvalue weighted by Gasteiger charge is 2.17. The summed E-state index contributed by atoms with van der Waals surface area (Å²) in [6, 6.07) is 8.70. The van der Waals surface area contributed by atoms with Crippen molar-refractivity contribution >= 4 is 17.0 Å². The summed E-state index contributed by atoms with van der Waals surface area (Å²) in [7, 11) is 4.12. The molecule has 0 amide bonds. The summed E-state index contributed by atoms with van der Waals surface area (Å²) in [5.74, 6) is 0. The van der Waals surface area contributed by atoms with Crippen molar-refractivity contribution in [2.24, 2.45) is 0 Å². The molecule has 0 bridgehead atoms. The van der Waals surface area contributed by atoms with Gasteiger partial charge in [0, 0.05) is 37.0 Å². The minimum absolute atomic E-state index is 0.142. The molecule has 2 nitrogen and oxygen atoms in total. The van der Waals surface area contributed by atoms with Crippen LogP contribution in [0.25, 0.3) is 0 Å². The molecule has 0 aliphatic heterocycles. The summed E-state index contributed by atoms with van der Waals surface area (Å²) >= 11 is 1.76. The van der Waals surface area contributed by atoms with Crippen LogP contribution in [0.4, 0.5) is 5.69 Å². The van der Waals surface area contributed by atoms with Gasteiger partial charge >= 0.3 is 0 Å². The van der Waals surface area contributed by atoms with Gasteiger partial charge in [-0.15, -0.1) is 11.3 Å². The van der Waals surface area contributed by atoms with E-state index in [1.807, 2.05) is 0 Å². The van der Waals surface area contributed by atoms with Crippen LogP contribution in [0.3, 0.4) is 0 Å². The maximum absolute atomic E-state index is 4.74. The lowest BCUT2D eigenvalue weighted by atomic mass is 9.93. The lowest BCUT2D eigenvalue weighted by Crippen LogP contribution is -2.11. The molecule has 0 atom stereocenters. The minimum Gasteiger partial charge on any atom is -0.378 e. The lowest BCUT2D eigenvalue weighted by molar-refractivity contribution is 0.571. The highest BCUT2D eigenvalue weighted by Crippen LogP contribution is 2.25. The number of thiazole rings is 1. The van der Waals surface area contributed by atoms with Crippen LogP contribution in [0.5, 0.6) is 0 Å². The van der Waals surface area contributed by atoms with Gasteiger partial charge in [-0.05, 0) is 17.7 Å². The molecule has 0 radical (unpaired) electrons. The van der Waals surface area contributed by atoms with Crippen molar-refractivity contribution in [3.8, 4) is 0 Å². The second-order valence-corrected chi connectivity index (χ2v) is 7.06. The molecule has 3 heteroatoms. The summed E-state index contributed by atoms with van der Waals surface area (Å²) in [5.41, 5.74) is 3.89. The Balaban J connectivity index is 2.11. The van der Waals surface area contributed by atoms with E-state index in [0.717, 1.165) is 6.42 Å². The molecule has 0 spiro atoms. The number of hydrogen-bond donors (Lipinski definition) is 0. The van der Waals surface area contributed by atoms with Crippen molar-refractivity contribution in [2.45, 2.75) is 32.6 Å². The number of benzene rings is 1. The average Bonchev–Trinajstić information content (AvgIpc) is 2.78. The monoisotopic (exact) mass is 274 g/mol. The topological polar surface area (TPSA) is 16.1 Å². The molecule has 1 heterocycles. The highest BCUT2D eigenvalue weighted by atomic mass is 32.1.